The average molecular weight is 423 g/mol. The van der Waals surface area contributed by atoms with E-state index < -0.39 is 60.2 Å². The first kappa shape index (κ1) is 21.7. The maximum absolute atomic E-state index is 12.6. The molecule has 1 aliphatic heterocycles. The van der Waals surface area contributed by atoms with Crippen LogP contribution in [0.25, 0.3) is 5.69 Å². The third-order valence-electron chi connectivity index (χ3n) is 4.64. The SMILES string of the molecule is COc1ccccc1-n1nc(C(=O)NC2C(O)O[C@H](CO)C(O)[C@@H]2O)c(O)cc1=O. The van der Waals surface area contributed by atoms with E-state index in [1.807, 2.05) is 0 Å². The van der Waals surface area contributed by atoms with E-state index in [0.717, 1.165) is 10.7 Å². The lowest BCUT2D eigenvalue weighted by Gasteiger charge is -2.40. The number of carbonyl (C=O) groups excluding carboxylic acids is 1. The van der Waals surface area contributed by atoms with Gasteiger partial charge in [-0.2, -0.15) is 9.78 Å². The zero-order valence-corrected chi connectivity index (χ0v) is 15.7. The molecule has 1 aromatic carbocycles. The minimum Gasteiger partial charge on any atom is -0.505 e. The van der Waals surface area contributed by atoms with Gasteiger partial charge in [0.15, 0.2) is 17.7 Å². The van der Waals surface area contributed by atoms with Crippen LogP contribution in [0.4, 0.5) is 0 Å². The highest BCUT2D eigenvalue weighted by molar-refractivity contribution is 5.94. The smallest absolute Gasteiger partial charge is 0.276 e. The number of para-hydroxylation sites is 2. The zero-order valence-electron chi connectivity index (χ0n) is 15.7. The van der Waals surface area contributed by atoms with Gasteiger partial charge < -0.3 is 40.3 Å². The Hall–Kier alpha value is -3.03. The summed E-state index contributed by atoms with van der Waals surface area (Å²) in [5.74, 6) is -1.51. The predicted molar refractivity (Wildman–Crippen MR) is 99.3 cm³/mol. The first-order valence-corrected chi connectivity index (χ1v) is 8.86. The molecular weight excluding hydrogens is 402 g/mol. The Kier molecular flexibility index (Phi) is 6.34. The van der Waals surface area contributed by atoms with Crippen LogP contribution in [0.15, 0.2) is 35.1 Å². The average Bonchev–Trinajstić information content (AvgIpc) is 2.73. The molecular formula is C18H21N3O9. The number of aromatic nitrogens is 2. The van der Waals surface area contributed by atoms with Crippen LogP contribution in [0.1, 0.15) is 10.5 Å². The van der Waals surface area contributed by atoms with Crippen molar-refractivity contribution in [2.24, 2.45) is 0 Å². The number of aromatic hydroxyl groups is 1. The van der Waals surface area contributed by atoms with Gasteiger partial charge in [-0.15, -0.1) is 0 Å². The van der Waals surface area contributed by atoms with Gasteiger partial charge in [0.2, 0.25) is 0 Å². The van der Waals surface area contributed by atoms with Gasteiger partial charge in [-0.1, -0.05) is 12.1 Å². The van der Waals surface area contributed by atoms with E-state index in [-0.39, 0.29) is 11.4 Å². The number of hydrogen-bond acceptors (Lipinski definition) is 10. The Bertz CT molecular complexity index is 980. The number of rotatable bonds is 5. The molecule has 12 heteroatoms. The molecule has 0 aliphatic carbocycles. The molecule has 0 spiro atoms. The van der Waals surface area contributed by atoms with Crippen LogP contribution in [0.3, 0.4) is 0 Å². The molecule has 1 saturated heterocycles. The van der Waals surface area contributed by atoms with Crippen LogP contribution in [-0.2, 0) is 4.74 Å². The normalized spacial score (nSPS) is 26.2. The van der Waals surface area contributed by atoms with E-state index in [1.165, 1.54) is 13.2 Å². The standard InChI is InChI=1S/C18H21N3O9/c1-29-10-5-3-2-4-8(10)21-12(24)6-9(23)13(20-21)17(27)19-14-16(26)15(25)11(7-22)30-18(14)28/h2-6,11,14-16,18,22-23,25-26,28H,7H2,1H3,(H,19,27)/t11-,14?,15?,16-,18?/m1/s1. The Morgan fingerprint density at radius 1 is 1.27 bits per heavy atom. The molecule has 1 fully saturated rings. The van der Waals surface area contributed by atoms with Crippen LogP contribution >= 0.6 is 0 Å². The third kappa shape index (κ3) is 3.99. The van der Waals surface area contributed by atoms with Crippen LogP contribution in [-0.4, -0.2) is 85.6 Å². The lowest BCUT2D eigenvalue weighted by atomic mass is 9.97. The quantitative estimate of drug-likeness (QED) is 0.300. The summed E-state index contributed by atoms with van der Waals surface area (Å²) >= 11 is 0. The second-order valence-electron chi connectivity index (χ2n) is 6.53. The number of nitrogens with one attached hydrogen (secondary N) is 1. The summed E-state index contributed by atoms with van der Waals surface area (Å²) in [4.78, 5) is 24.9. The number of carbonyl (C=O) groups is 1. The van der Waals surface area contributed by atoms with Gasteiger partial charge in [-0.25, -0.2) is 0 Å². The van der Waals surface area contributed by atoms with E-state index >= 15 is 0 Å². The number of benzene rings is 1. The molecule has 3 unspecified atom stereocenters. The van der Waals surface area contributed by atoms with Gasteiger partial charge in [0.25, 0.3) is 11.5 Å². The summed E-state index contributed by atoms with van der Waals surface area (Å²) in [6, 6.07) is 5.64. The number of nitrogens with zero attached hydrogens (tertiary/aromatic N) is 2. The largest absolute Gasteiger partial charge is 0.505 e. The van der Waals surface area contributed by atoms with Crippen LogP contribution in [0.5, 0.6) is 11.5 Å². The minimum absolute atomic E-state index is 0.210. The molecule has 6 N–H and O–H groups in total. The molecule has 0 bridgehead atoms. The third-order valence-corrected chi connectivity index (χ3v) is 4.64. The van der Waals surface area contributed by atoms with E-state index in [9.17, 15) is 30.0 Å². The summed E-state index contributed by atoms with van der Waals surface area (Å²) in [5, 5.41) is 55.3. The van der Waals surface area contributed by atoms with E-state index in [4.69, 9.17) is 14.6 Å². The molecule has 3 rings (SSSR count). The van der Waals surface area contributed by atoms with Gasteiger partial charge in [-0.05, 0) is 12.1 Å². The van der Waals surface area contributed by atoms with E-state index in [0.29, 0.717) is 0 Å². The molecule has 0 radical (unpaired) electrons. The molecule has 30 heavy (non-hydrogen) atoms. The van der Waals surface area contributed by atoms with Gasteiger partial charge >= 0.3 is 0 Å². The summed E-state index contributed by atoms with van der Waals surface area (Å²) in [5.41, 5.74) is -1.11. The summed E-state index contributed by atoms with van der Waals surface area (Å²) in [6.07, 6.45) is -6.28. The Morgan fingerprint density at radius 2 is 1.97 bits per heavy atom. The van der Waals surface area contributed by atoms with Crippen molar-refractivity contribution in [3.63, 3.8) is 0 Å². The second-order valence-corrected chi connectivity index (χ2v) is 6.53. The van der Waals surface area contributed by atoms with Gasteiger partial charge in [0.1, 0.15) is 35.8 Å². The molecule has 2 heterocycles. The monoisotopic (exact) mass is 423 g/mol. The minimum atomic E-state index is -1.76. The zero-order chi connectivity index (χ0) is 22.0. The summed E-state index contributed by atoms with van der Waals surface area (Å²) < 4.78 is 11.0. The fraction of sp³-hybridized carbons (Fsp3) is 0.389. The molecule has 1 amide bonds. The molecule has 1 aromatic heterocycles. The summed E-state index contributed by atoms with van der Waals surface area (Å²) in [7, 11) is 1.38. The maximum atomic E-state index is 12.6. The fourth-order valence-corrected chi connectivity index (χ4v) is 3.06. The number of aliphatic hydroxyl groups is 4. The van der Waals surface area contributed by atoms with Crippen molar-refractivity contribution in [3.8, 4) is 17.2 Å². The van der Waals surface area contributed by atoms with E-state index in [2.05, 4.69) is 10.4 Å². The van der Waals surface area contributed by atoms with Crippen molar-refractivity contribution < 1.29 is 39.8 Å². The number of ether oxygens (including phenoxy) is 2. The molecule has 1 aliphatic rings. The lowest BCUT2D eigenvalue weighted by Crippen LogP contribution is -2.64. The Labute approximate surface area is 169 Å². The predicted octanol–water partition coefficient (Wildman–Crippen LogP) is -2.52. The lowest BCUT2D eigenvalue weighted by molar-refractivity contribution is -0.252. The first-order valence-electron chi connectivity index (χ1n) is 8.86. The fourth-order valence-electron chi connectivity index (χ4n) is 3.06. The number of amides is 1. The number of methoxy groups -OCH3 is 1. The van der Waals surface area contributed by atoms with Gasteiger partial charge in [-0.3, -0.25) is 9.59 Å². The highest BCUT2D eigenvalue weighted by Gasteiger charge is 2.44. The Balaban J connectivity index is 1.92. The van der Waals surface area contributed by atoms with Crippen LogP contribution in [0.2, 0.25) is 0 Å². The van der Waals surface area contributed by atoms with Crippen molar-refractivity contribution in [1.29, 1.82) is 0 Å². The van der Waals surface area contributed by atoms with Crippen molar-refractivity contribution >= 4 is 5.91 Å². The molecule has 162 valence electrons. The molecule has 5 atom stereocenters. The molecule has 12 nitrogen and oxygen atoms in total. The number of aliphatic hydroxyl groups excluding tert-OH is 4. The maximum Gasteiger partial charge on any atom is 0.276 e. The van der Waals surface area contributed by atoms with Crippen molar-refractivity contribution in [3.05, 3.63) is 46.4 Å². The van der Waals surface area contributed by atoms with Crippen molar-refractivity contribution in [2.45, 2.75) is 30.6 Å². The van der Waals surface area contributed by atoms with Gasteiger partial charge in [0, 0.05) is 6.07 Å². The first-order chi connectivity index (χ1) is 14.3. The van der Waals surface area contributed by atoms with E-state index in [1.54, 1.807) is 18.2 Å². The topological polar surface area (TPSA) is 184 Å². The highest BCUT2D eigenvalue weighted by Crippen LogP contribution is 2.23. The second kappa shape index (κ2) is 8.77. The van der Waals surface area contributed by atoms with Crippen molar-refractivity contribution in [2.75, 3.05) is 13.7 Å². The van der Waals surface area contributed by atoms with Crippen LogP contribution in [0, 0.1) is 0 Å². The van der Waals surface area contributed by atoms with Crippen molar-refractivity contribution in [1.82, 2.24) is 15.1 Å². The van der Waals surface area contributed by atoms with Crippen LogP contribution < -0.4 is 15.6 Å². The Morgan fingerprint density at radius 3 is 2.63 bits per heavy atom. The highest BCUT2D eigenvalue weighted by atomic mass is 16.6. The molecule has 2 aromatic rings. The van der Waals surface area contributed by atoms with Gasteiger partial charge in [0.05, 0.1) is 13.7 Å². The summed E-state index contributed by atoms with van der Waals surface area (Å²) in [6.45, 7) is -0.665. The molecule has 0 saturated carbocycles. The number of hydrogen-bond donors (Lipinski definition) is 6.